The third-order valence-electron chi connectivity index (χ3n) is 3.29. The number of benzene rings is 1. The molecule has 0 bridgehead atoms. The van der Waals surface area contributed by atoms with Crippen molar-refractivity contribution in [3.63, 3.8) is 0 Å². The minimum atomic E-state index is -0.638. The first-order valence-electron chi connectivity index (χ1n) is 6.52. The molecule has 1 amide bonds. The summed E-state index contributed by atoms with van der Waals surface area (Å²) in [5.41, 5.74) is 5.21. The summed E-state index contributed by atoms with van der Waals surface area (Å²) in [6, 6.07) is 4.07. The summed E-state index contributed by atoms with van der Waals surface area (Å²) in [4.78, 5) is 21.5. The molecule has 1 aromatic rings. The van der Waals surface area contributed by atoms with Crippen LogP contribution in [0.3, 0.4) is 0 Å². The molecule has 1 aromatic carbocycles. The SMILES string of the molecule is NC(=O)c1ccc([N+](=O)[O-])c(OCC2CCCCN2)c1. The average molecular weight is 279 g/mol. The molecule has 1 atom stereocenters. The largest absolute Gasteiger partial charge is 0.485 e. The number of rotatable bonds is 5. The zero-order valence-corrected chi connectivity index (χ0v) is 11.0. The van der Waals surface area contributed by atoms with Crippen molar-refractivity contribution in [1.82, 2.24) is 5.32 Å². The molecule has 1 aliphatic rings. The fourth-order valence-electron chi connectivity index (χ4n) is 2.19. The number of nitro groups is 1. The molecule has 2 rings (SSSR count). The predicted octanol–water partition coefficient (Wildman–Crippen LogP) is 1.21. The van der Waals surface area contributed by atoms with E-state index in [0.29, 0.717) is 6.61 Å². The van der Waals surface area contributed by atoms with Crippen LogP contribution < -0.4 is 15.8 Å². The van der Waals surface area contributed by atoms with Crippen molar-refractivity contribution >= 4 is 11.6 Å². The Bertz CT molecular complexity index is 512. The lowest BCUT2D eigenvalue weighted by Crippen LogP contribution is -2.38. The number of carbonyl (C=O) groups excluding carboxylic acids is 1. The first-order valence-corrected chi connectivity index (χ1v) is 6.52. The van der Waals surface area contributed by atoms with Crippen LogP contribution >= 0.6 is 0 Å². The van der Waals surface area contributed by atoms with E-state index in [2.05, 4.69) is 5.32 Å². The second-order valence-electron chi connectivity index (χ2n) is 4.76. The molecule has 7 nitrogen and oxygen atoms in total. The molecule has 1 fully saturated rings. The van der Waals surface area contributed by atoms with E-state index in [4.69, 9.17) is 10.5 Å². The van der Waals surface area contributed by atoms with Crippen LogP contribution in [0, 0.1) is 10.1 Å². The Morgan fingerprint density at radius 2 is 2.30 bits per heavy atom. The van der Waals surface area contributed by atoms with Gasteiger partial charge in [-0.05, 0) is 25.5 Å². The molecular formula is C13H17N3O4. The van der Waals surface area contributed by atoms with Crippen LogP contribution in [0.4, 0.5) is 5.69 Å². The van der Waals surface area contributed by atoms with Gasteiger partial charge in [0.15, 0.2) is 5.75 Å². The summed E-state index contributed by atoms with van der Waals surface area (Å²) < 4.78 is 5.52. The lowest BCUT2D eigenvalue weighted by Gasteiger charge is -2.23. The van der Waals surface area contributed by atoms with E-state index in [1.54, 1.807) is 0 Å². The van der Waals surface area contributed by atoms with Crippen LogP contribution in [-0.2, 0) is 0 Å². The van der Waals surface area contributed by atoms with Crippen LogP contribution in [0.1, 0.15) is 29.6 Å². The number of carbonyl (C=O) groups is 1. The maximum absolute atomic E-state index is 11.1. The molecule has 1 unspecified atom stereocenters. The fraction of sp³-hybridized carbons (Fsp3) is 0.462. The molecule has 108 valence electrons. The van der Waals surface area contributed by atoms with Gasteiger partial charge in [-0.25, -0.2) is 0 Å². The molecule has 0 saturated carbocycles. The number of hydrogen-bond acceptors (Lipinski definition) is 5. The minimum Gasteiger partial charge on any atom is -0.485 e. The summed E-state index contributed by atoms with van der Waals surface area (Å²) in [7, 11) is 0. The van der Waals surface area contributed by atoms with Crippen LogP contribution in [0.5, 0.6) is 5.75 Å². The molecule has 20 heavy (non-hydrogen) atoms. The quantitative estimate of drug-likeness (QED) is 0.622. The first kappa shape index (κ1) is 14.3. The molecular weight excluding hydrogens is 262 g/mol. The van der Waals surface area contributed by atoms with Gasteiger partial charge in [-0.15, -0.1) is 0 Å². The van der Waals surface area contributed by atoms with Crippen LogP contribution in [-0.4, -0.2) is 30.0 Å². The highest BCUT2D eigenvalue weighted by molar-refractivity contribution is 5.93. The van der Waals surface area contributed by atoms with E-state index in [0.717, 1.165) is 25.8 Å². The maximum atomic E-state index is 11.1. The summed E-state index contributed by atoms with van der Waals surface area (Å²) in [6.45, 7) is 1.26. The third kappa shape index (κ3) is 3.45. The Kier molecular flexibility index (Phi) is 4.52. The Labute approximate surface area is 116 Å². The van der Waals surface area contributed by atoms with Crippen molar-refractivity contribution in [2.75, 3.05) is 13.2 Å². The lowest BCUT2D eigenvalue weighted by molar-refractivity contribution is -0.385. The van der Waals surface area contributed by atoms with Gasteiger partial charge in [0.05, 0.1) is 4.92 Å². The maximum Gasteiger partial charge on any atom is 0.310 e. The molecule has 0 spiro atoms. The number of ether oxygens (including phenoxy) is 1. The zero-order valence-electron chi connectivity index (χ0n) is 11.0. The van der Waals surface area contributed by atoms with E-state index in [9.17, 15) is 14.9 Å². The summed E-state index contributed by atoms with van der Waals surface area (Å²) in [6.07, 6.45) is 3.22. The van der Waals surface area contributed by atoms with Gasteiger partial charge < -0.3 is 15.8 Å². The summed E-state index contributed by atoms with van der Waals surface area (Å²) >= 11 is 0. The van der Waals surface area contributed by atoms with Crippen molar-refractivity contribution in [3.8, 4) is 5.75 Å². The number of nitrogens with two attached hydrogens (primary N) is 1. The molecule has 1 heterocycles. The number of nitrogens with zero attached hydrogens (tertiary/aromatic N) is 1. The normalized spacial score (nSPS) is 18.5. The first-order chi connectivity index (χ1) is 9.58. The Hall–Kier alpha value is -2.15. The van der Waals surface area contributed by atoms with Gasteiger partial charge in [0.2, 0.25) is 5.91 Å². The molecule has 1 saturated heterocycles. The molecule has 0 aromatic heterocycles. The van der Waals surface area contributed by atoms with Gasteiger partial charge in [0.1, 0.15) is 6.61 Å². The highest BCUT2D eigenvalue weighted by Crippen LogP contribution is 2.28. The van der Waals surface area contributed by atoms with Crippen LogP contribution in [0.2, 0.25) is 0 Å². The second-order valence-corrected chi connectivity index (χ2v) is 4.76. The third-order valence-corrected chi connectivity index (χ3v) is 3.29. The number of piperidine rings is 1. The highest BCUT2D eigenvalue weighted by atomic mass is 16.6. The Balaban J connectivity index is 2.12. The van der Waals surface area contributed by atoms with Gasteiger partial charge in [-0.2, -0.15) is 0 Å². The zero-order chi connectivity index (χ0) is 14.5. The van der Waals surface area contributed by atoms with E-state index in [1.807, 2.05) is 0 Å². The van der Waals surface area contributed by atoms with E-state index >= 15 is 0 Å². The highest BCUT2D eigenvalue weighted by Gasteiger charge is 2.19. The van der Waals surface area contributed by atoms with Gasteiger partial charge in [-0.3, -0.25) is 14.9 Å². The topological polar surface area (TPSA) is 107 Å². The smallest absolute Gasteiger partial charge is 0.310 e. The van der Waals surface area contributed by atoms with Crippen molar-refractivity contribution in [1.29, 1.82) is 0 Å². The second kappa shape index (κ2) is 6.33. The number of amides is 1. The van der Waals surface area contributed by atoms with Crippen molar-refractivity contribution in [2.45, 2.75) is 25.3 Å². The molecule has 0 aliphatic carbocycles. The van der Waals surface area contributed by atoms with Gasteiger partial charge in [-0.1, -0.05) is 6.42 Å². The van der Waals surface area contributed by atoms with E-state index in [-0.39, 0.29) is 23.0 Å². The number of primary amides is 1. The lowest BCUT2D eigenvalue weighted by atomic mass is 10.1. The van der Waals surface area contributed by atoms with Gasteiger partial charge >= 0.3 is 5.69 Å². The fourth-order valence-corrected chi connectivity index (χ4v) is 2.19. The monoisotopic (exact) mass is 279 g/mol. The van der Waals surface area contributed by atoms with Gasteiger partial charge in [0, 0.05) is 23.7 Å². The van der Waals surface area contributed by atoms with E-state index < -0.39 is 10.8 Å². The Morgan fingerprint density at radius 1 is 1.50 bits per heavy atom. The van der Waals surface area contributed by atoms with Gasteiger partial charge in [0.25, 0.3) is 0 Å². The van der Waals surface area contributed by atoms with Crippen LogP contribution in [0.15, 0.2) is 18.2 Å². The predicted molar refractivity (Wildman–Crippen MR) is 72.8 cm³/mol. The molecule has 0 radical (unpaired) electrons. The van der Waals surface area contributed by atoms with E-state index in [1.165, 1.54) is 18.2 Å². The number of hydrogen-bond donors (Lipinski definition) is 2. The minimum absolute atomic E-state index is 0.0821. The Morgan fingerprint density at radius 3 is 2.90 bits per heavy atom. The standard InChI is InChI=1S/C13H17N3O4/c14-13(17)9-4-5-11(16(18)19)12(7-9)20-8-10-3-1-2-6-15-10/h4-5,7,10,15H,1-3,6,8H2,(H2,14,17). The average Bonchev–Trinajstić information content (AvgIpc) is 2.45. The molecule has 7 heteroatoms. The number of nitro benzene ring substituents is 1. The molecule has 1 aliphatic heterocycles. The van der Waals surface area contributed by atoms with Crippen molar-refractivity contribution in [2.24, 2.45) is 5.73 Å². The van der Waals surface area contributed by atoms with Crippen molar-refractivity contribution < 1.29 is 14.5 Å². The summed E-state index contributed by atoms with van der Waals surface area (Å²) in [5, 5.41) is 14.2. The molecule has 3 N–H and O–H groups in total. The van der Waals surface area contributed by atoms with Crippen molar-refractivity contribution in [3.05, 3.63) is 33.9 Å². The summed E-state index contributed by atoms with van der Waals surface area (Å²) in [5.74, 6) is -0.556. The number of nitrogens with one attached hydrogen (secondary N) is 1. The van der Waals surface area contributed by atoms with Crippen LogP contribution in [0.25, 0.3) is 0 Å².